The summed E-state index contributed by atoms with van der Waals surface area (Å²) in [6, 6.07) is 7.31. The number of benzene rings is 1. The monoisotopic (exact) mass is 570 g/mol. The van der Waals surface area contributed by atoms with Crippen molar-refractivity contribution in [2.24, 2.45) is 14.1 Å². The number of halogens is 2. The molecule has 0 aliphatic heterocycles. The molecule has 0 aliphatic rings. The molecule has 0 fully saturated rings. The summed E-state index contributed by atoms with van der Waals surface area (Å²) in [4.78, 5) is 28.8. The summed E-state index contributed by atoms with van der Waals surface area (Å²) in [5.41, 5.74) is -0.128. The molecule has 0 saturated heterocycles. The van der Waals surface area contributed by atoms with Crippen molar-refractivity contribution in [3.8, 4) is 17.0 Å². The highest BCUT2D eigenvalue weighted by Gasteiger charge is 2.24. The lowest BCUT2D eigenvalue weighted by molar-refractivity contribution is -0.0494. The normalized spacial score (nSPS) is 11.6. The number of rotatable bonds is 8. The molecule has 0 unspecified atom stereocenters. The highest BCUT2D eigenvalue weighted by Crippen LogP contribution is 2.37. The Morgan fingerprint density at radius 3 is 2.67 bits per heavy atom. The quantitative estimate of drug-likeness (QED) is 0.288. The van der Waals surface area contributed by atoms with E-state index in [4.69, 9.17) is 0 Å². The van der Waals surface area contributed by atoms with Gasteiger partial charge in [-0.15, -0.1) is 0 Å². The Morgan fingerprint density at radius 2 is 1.93 bits per heavy atom. The van der Waals surface area contributed by atoms with Crippen LogP contribution in [0.2, 0.25) is 0 Å². The Labute approximate surface area is 224 Å². The highest BCUT2D eigenvalue weighted by molar-refractivity contribution is 7.92. The molecule has 5 aromatic rings. The summed E-state index contributed by atoms with van der Waals surface area (Å²) >= 11 is 0. The number of ether oxygens (including phenoxy) is 1. The second-order valence-electron chi connectivity index (χ2n) is 8.47. The van der Waals surface area contributed by atoms with Gasteiger partial charge < -0.3 is 14.6 Å². The van der Waals surface area contributed by atoms with E-state index >= 15 is 0 Å². The molecular weight excluding hydrogens is 550 g/mol. The molecule has 0 saturated carbocycles. The number of carbonyl (C=O) groups is 1. The van der Waals surface area contributed by atoms with Gasteiger partial charge in [-0.05, 0) is 30.3 Å². The molecule has 4 heterocycles. The van der Waals surface area contributed by atoms with Crippen LogP contribution >= 0.6 is 0 Å². The van der Waals surface area contributed by atoms with Gasteiger partial charge >= 0.3 is 6.61 Å². The van der Waals surface area contributed by atoms with E-state index in [0.29, 0.717) is 0 Å². The zero-order chi connectivity index (χ0) is 28.6. The summed E-state index contributed by atoms with van der Waals surface area (Å²) in [7, 11) is -1.26. The van der Waals surface area contributed by atoms with Gasteiger partial charge in [-0.1, -0.05) is 0 Å². The molecule has 0 spiro atoms. The fourth-order valence-electron chi connectivity index (χ4n) is 3.84. The van der Waals surface area contributed by atoms with Crippen molar-refractivity contribution < 1.29 is 26.7 Å². The Balaban J connectivity index is 1.55. The average molecular weight is 571 g/mol. The molecule has 16 heteroatoms. The van der Waals surface area contributed by atoms with Gasteiger partial charge in [-0.2, -0.15) is 19.0 Å². The summed E-state index contributed by atoms with van der Waals surface area (Å²) < 4.78 is 63.7. The van der Waals surface area contributed by atoms with Crippen LogP contribution in [0.1, 0.15) is 10.4 Å². The number of anilines is 2. The molecule has 0 radical (unpaired) electrons. The maximum Gasteiger partial charge on any atom is 0.387 e. The first-order valence-corrected chi connectivity index (χ1v) is 12.9. The SMILES string of the molecule is Cn1cc(NC(=O)c2cnn3cccnc23)c(-c2cc(S(=O)(=O)Nc3ccn(C)c(=O)c3)ccc2OC(F)F)n1. The summed E-state index contributed by atoms with van der Waals surface area (Å²) in [5, 5.41) is 11.0. The molecule has 1 amide bonds. The molecule has 0 aliphatic carbocycles. The number of pyridine rings is 1. The first kappa shape index (κ1) is 26.5. The molecule has 40 heavy (non-hydrogen) atoms. The van der Waals surface area contributed by atoms with Crippen molar-refractivity contribution in [2.75, 3.05) is 10.0 Å². The number of hydrogen-bond acceptors (Lipinski definition) is 8. The minimum Gasteiger partial charge on any atom is -0.434 e. The third-order valence-electron chi connectivity index (χ3n) is 5.69. The van der Waals surface area contributed by atoms with Crippen LogP contribution in [0.25, 0.3) is 16.9 Å². The van der Waals surface area contributed by atoms with Gasteiger partial charge in [0.1, 0.15) is 17.0 Å². The minimum atomic E-state index is -4.29. The van der Waals surface area contributed by atoms with E-state index < -0.39 is 28.1 Å². The molecular formula is C24H20F2N8O5S. The highest BCUT2D eigenvalue weighted by atomic mass is 32.2. The van der Waals surface area contributed by atoms with Gasteiger partial charge in [0.2, 0.25) is 0 Å². The van der Waals surface area contributed by atoms with Crippen LogP contribution in [0.3, 0.4) is 0 Å². The van der Waals surface area contributed by atoms with Gasteiger partial charge in [-0.25, -0.2) is 17.9 Å². The summed E-state index contributed by atoms with van der Waals surface area (Å²) in [5.74, 6) is -0.996. The Bertz CT molecular complexity index is 1920. The van der Waals surface area contributed by atoms with Crippen LogP contribution < -0.4 is 20.3 Å². The topological polar surface area (TPSA) is 155 Å². The van der Waals surface area contributed by atoms with Gasteiger partial charge in [0.05, 0.1) is 22.5 Å². The molecule has 5 rings (SSSR count). The number of fused-ring (bicyclic) bond motifs is 1. The Kier molecular flexibility index (Phi) is 6.76. The largest absolute Gasteiger partial charge is 0.434 e. The van der Waals surface area contributed by atoms with E-state index in [-0.39, 0.29) is 44.5 Å². The maximum absolute atomic E-state index is 13.3. The lowest BCUT2D eigenvalue weighted by Gasteiger charge is -2.14. The van der Waals surface area contributed by atoms with Crippen LogP contribution in [-0.4, -0.2) is 49.9 Å². The number of nitrogens with zero attached hydrogens (tertiary/aromatic N) is 6. The van der Waals surface area contributed by atoms with Crippen molar-refractivity contribution in [3.05, 3.63) is 83.3 Å². The Hall–Kier alpha value is -5.12. The first-order chi connectivity index (χ1) is 19.0. The van der Waals surface area contributed by atoms with Crippen molar-refractivity contribution in [1.29, 1.82) is 0 Å². The van der Waals surface area contributed by atoms with Crippen LogP contribution in [0.5, 0.6) is 5.75 Å². The van der Waals surface area contributed by atoms with Gasteiger partial charge in [0.25, 0.3) is 21.5 Å². The Morgan fingerprint density at radius 1 is 1.12 bits per heavy atom. The summed E-state index contributed by atoms with van der Waals surface area (Å²) in [6.45, 7) is -3.23. The van der Waals surface area contributed by atoms with E-state index in [1.807, 2.05) is 0 Å². The maximum atomic E-state index is 13.3. The second-order valence-corrected chi connectivity index (χ2v) is 10.2. The molecule has 206 valence electrons. The number of aryl methyl sites for hydroxylation is 2. The molecule has 13 nitrogen and oxygen atoms in total. The molecule has 4 aromatic heterocycles. The van der Waals surface area contributed by atoms with Crippen molar-refractivity contribution in [3.63, 3.8) is 0 Å². The molecule has 0 bridgehead atoms. The van der Waals surface area contributed by atoms with Crippen LogP contribution in [0, 0.1) is 0 Å². The van der Waals surface area contributed by atoms with E-state index in [1.54, 1.807) is 12.3 Å². The van der Waals surface area contributed by atoms with E-state index in [9.17, 15) is 26.8 Å². The first-order valence-electron chi connectivity index (χ1n) is 11.4. The second kappa shape index (κ2) is 10.2. The van der Waals surface area contributed by atoms with Gasteiger partial charge in [0, 0.05) is 50.5 Å². The predicted molar refractivity (Wildman–Crippen MR) is 139 cm³/mol. The number of hydrogen-bond donors (Lipinski definition) is 2. The molecule has 0 atom stereocenters. The standard InChI is InChI=1S/C24H20F2N8O5S/c1-32-9-6-14(10-20(32)35)31-40(37,38)15-4-5-19(39-24(25)26)16(11-15)21-18(13-33(2)30-21)29-23(36)17-12-28-34-8-3-7-27-22(17)34/h3-13,24,31H,1-2H3,(H,29,36). The van der Waals surface area contributed by atoms with Crippen LogP contribution in [0.4, 0.5) is 20.2 Å². The number of amides is 1. The number of aromatic nitrogens is 6. The molecule has 1 aromatic carbocycles. The average Bonchev–Trinajstić information content (AvgIpc) is 3.49. The van der Waals surface area contributed by atoms with Crippen molar-refractivity contribution in [2.45, 2.75) is 11.5 Å². The molecule has 2 N–H and O–H groups in total. The summed E-state index contributed by atoms with van der Waals surface area (Å²) in [6.07, 6.45) is 7.21. The van der Waals surface area contributed by atoms with Crippen molar-refractivity contribution in [1.82, 2.24) is 28.9 Å². The van der Waals surface area contributed by atoms with Crippen LogP contribution in [-0.2, 0) is 24.1 Å². The van der Waals surface area contributed by atoms with Gasteiger partial charge in [0.15, 0.2) is 5.65 Å². The zero-order valence-electron chi connectivity index (χ0n) is 20.8. The van der Waals surface area contributed by atoms with E-state index in [2.05, 4.69) is 30.0 Å². The fourth-order valence-corrected chi connectivity index (χ4v) is 4.92. The van der Waals surface area contributed by atoms with E-state index in [1.165, 1.54) is 58.7 Å². The number of carbonyl (C=O) groups excluding carboxylic acids is 1. The number of sulfonamides is 1. The third-order valence-corrected chi connectivity index (χ3v) is 7.07. The zero-order valence-corrected chi connectivity index (χ0v) is 21.6. The lowest BCUT2D eigenvalue weighted by atomic mass is 10.1. The van der Waals surface area contributed by atoms with E-state index in [0.717, 1.165) is 24.3 Å². The van der Waals surface area contributed by atoms with Crippen molar-refractivity contribution >= 4 is 33.0 Å². The predicted octanol–water partition coefficient (Wildman–Crippen LogP) is 2.48. The van der Waals surface area contributed by atoms with Crippen LogP contribution in [0.15, 0.2) is 77.1 Å². The number of alkyl halides is 2. The lowest BCUT2D eigenvalue weighted by Crippen LogP contribution is -2.18. The smallest absolute Gasteiger partial charge is 0.387 e. The fraction of sp³-hybridized carbons (Fsp3) is 0.125. The third kappa shape index (κ3) is 5.24. The minimum absolute atomic E-state index is 0.00496. The number of nitrogens with one attached hydrogen (secondary N) is 2. The van der Waals surface area contributed by atoms with Gasteiger partial charge in [-0.3, -0.25) is 19.0 Å².